The van der Waals surface area contributed by atoms with E-state index in [2.05, 4.69) is 20.0 Å². The Labute approximate surface area is 96.4 Å². The Kier molecular flexibility index (Phi) is 3.10. The Morgan fingerprint density at radius 2 is 2.50 bits per heavy atom. The number of fused-ring (bicyclic) bond motifs is 1. The molecule has 0 spiro atoms. The largest absolute Gasteiger partial charge is 0.345 e. The van der Waals surface area contributed by atoms with Crippen molar-refractivity contribution in [2.24, 2.45) is 5.11 Å². The van der Waals surface area contributed by atoms with E-state index in [9.17, 15) is 0 Å². The maximum atomic E-state index is 8.13. The number of halogens is 1. The molecule has 0 saturated heterocycles. The van der Waals surface area contributed by atoms with E-state index in [1.807, 2.05) is 12.3 Å². The molecule has 0 fully saturated rings. The lowest BCUT2D eigenvalue weighted by Gasteiger charge is -1.94. The monoisotopic (exact) mass is 233 g/mol. The molecule has 0 atom stereocenters. The van der Waals surface area contributed by atoms with E-state index in [0.717, 1.165) is 16.6 Å². The normalized spacial score (nSPS) is 10.8. The van der Waals surface area contributed by atoms with Crippen molar-refractivity contribution >= 4 is 28.7 Å². The van der Waals surface area contributed by atoms with Gasteiger partial charge in [0.05, 0.1) is 5.02 Å². The van der Waals surface area contributed by atoms with Crippen LogP contribution in [0.4, 0.5) is 0 Å². The van der Waals surface area contributed by atoms with Gasteiger partial charge in [0.15, 0.2) is 0 Å². The molecule has 0 aliphatic rings. The van der Waals surface area contributed by atoms with Gasteiger partial charge in [-0.2, -0.15) is 0 Å². The van der Waals surface area contributed by atoms with Gasteiger partial charge in [0.1, 0.15) is 5.65 Å². The summed E-state index contributed by atoms with van der Waals surface area (Å²) in [6, 6.07) is 1.74. The number of hydrogen-bond acceptors (Lipinski definition) is 2. The number of aromatic amines is 1. The van der Waals surface area contributed by atoms with Crippen LogP contribution >= 0.6 is 11.6 Å². The number of azide groups is 1. The molecule has 2 aromatic rings. The van der Waals surface area contributed by atoms with Crippen LogP contribution in [-0.2, 0) is 0 Å². The maximum Gasteiger partial charge on any atom is 0.139 e. The van der Waals surface area contributed by atoms with Gasteiger partial charge in [0.25, 0.3) is 0 Å². The van der Waals surface area contributed by atoms with Crippen LogP contribution in [0.3, 0.4) is 0 Å². The van der Waals surface area contributed by atoms with E-state index in [0.29, 0.717) is 11.6 Å². The molecule has 2 heterocycles. The minimum Gasteiger partial charge on any atom is -0.345 e. The Morgan fingerprint density at radius 1 is 1.62 bits per heavy atom. The van der Waals surface area contributed by atoms with E-state index in [1.165, 1.54) is 0 Å². The molecule has 0 bridgehead atoms. The van der Waals surface area contributed by atoms with Gasteiger partial charge in [-0.25, -0.2) is 4.98 Å². The molecule has 0 saturated carbocycles. The first-order chi connectivity index (χ1) is 7.83. The third-order valence-electron chi connectivity index (χ3n) is 2.10. The lowest BCUT2D eigenvalue weighted by Crippen LogP contribution is -1.76. The van der Waals surface area contributed by atoms with Crippen molar-refractivity contribution in [1.29, 1.82) is 0 Å². The zero-order valence-electron chi connectivity index (χ0n) is 8.26. The number of pyridine rings is 1. The highest BCUT2D eigenvalue weighted by molar-refractivity contribution is 6.35. The van der Waals surface area contributed by atoms with Crippen molar-refractivity contribution in [3.63, 3.8) is 0 Å². The summed E-state index contributed by atoms with van der Waals surface area (Å²) in [5.74, 6) is 0. The Morgan fingerprint density at radius 3 is 3.31 bits per heavy atom. The van der Waals surface area contributed by atoms with Crippen molar-refractivity contribution in [3.05, 3.63) is 45.6 Å². The Balaban J connectivity index is 2.38. The lowest BCUT2D eigenvalue weighted by atomic mass is 10.2. The average Bonchev–Trinajstić information content (AvgIpc) is 2.69. The fourth-order valence-corrected chi connectivity index (χ4v) is 1.69. The molecular formula is C10H8ClN5. The topological polar surface area (TPSA) is 77.4 Å². The number of rotatable bonds is 3. The third kappa shape index (κ3) is 2.00. The number of H-pyrrole nitrogens is 1. The van der Waals surface area contributed by atoms with Crippen LogP contribution in [-0.4, -0.2) is 16.5 Å². The average molecular weight is 234 g/mol. The second-order valence-corrected chi connectivity index (χ2v) is 3.48. The first-order valence-corrected chi connectivity index (χ1v) is 4.99. The molecule has 16 heavy (non-hydrogen) atoms. The van der Waals surface area contributed by atoms with Crippen molar-refractivity contribution < 1.29 is 0 Å². The Hall–Kier alpha value is -1.97. The predicted octanol–water partition coefficient (Wildman–Crippen LogP) is 3.54. The maximum absolute atomic E-state index is 8.13. The quantitative estimate of drug-likeness (QED) is 0.491. The molecule has 2 rings (SSSR count). The Bertz CT molecular complexity index is 580. The minimum absolute atomic E-state index is 0.320. The number of nitrogens with zero attached hydrogens (tertiary/aromatic N) is 4. The minimum atomic E-state index is 0.320. The molecule has 0 aliphatic heterocycles. The van der Waals surface area contributed by atoms with Crippen molar-refractivity contribution in [3.8, 4) is 0 Å². The highest BCUT2D eigenvalue weighted by Gasteiger charge is 2.05. The number of aromatic nitrogens is 2. The molecule has 5 nitrogen and oxygen atoms in total. The van der Waals surface area contributed by atoms with Gasteiger partial charge in [0, 0.05) is 34.8 Å². The summed E-state index contributed by atoms with van der Waals surface area (Å²) in [7, 11) is 0. The molecule has 6 heteroatoms. The van der Waals surface area contributed by atoms with Crippen LogP contribution in [0.15, 0.2) is 29.7 Å². The van der Waals surface area contributed by atoms with E-state index < -0.39 is 0 Å². The SMILES string of the molecule is [N-]=[N+]=NCC=Cc1c[nH]c2nccc(Cl)c12. The van der Waals surface area contributed by atoms with E-state index in [1.54, 1.807) is 18.3 Å². The second-order valence-electron chi connectivity index (χ2n) is 3.08. The smallest absolute Gasteiger partial charge is 0.139 e. The molecule has 80 valence electrons. The van der Waals surface area contributed by atoms with Crippen LogP contribution in [0.5, 0.6) is 0 Å². The first-order valence-electron chi connectivity index (χ1n) is 4.62. The number of hydrogen-bond donors (Lipinski definition) is 1. The highest BCUT2D eigenvalue weighted by atomic mass is 35.5. The highest BCUT2D eigenvalue weighted by Crippen LogP contribution is 2.25. The fraction of sp³-hybridized carbons (Fsp3) is 0.100. The summed E-state index contributed by atoms with van der Waals surface area (Å²) < 4.78 is 0. The van der Waals surface area contributed by atoms with Gasteiger partial charge < -0.3 is 4.98 Å². The van der Waals surface area contributed by atoms with Crippen molar-refractivity contribution in [1.82, 2.24) is 9.97 Å². The molecule has 0 unspecified atom stereocenters. The summed E-state index contributed by atoms with van der Waals surface area (Å²) in [4.78, 5) is 9.83. The summed E-state index contributed by atoms with van der Waals surface area (Å²) in [5.41, 5.74) is 9.80. The van der Waals surface area contributed by atoms with E-state index in [-0.39, 0.29) is 0 Å². The van der Waals surface area contributed by atoms with Crippen LogP contribution < -0.4 is 0 Å². The molecule has 2 aromatic heterocycles. The van der Waals surface area contributed by atoms with Gasteiger partial charge in [-0.3, -0.25) is 0 Å². The van der Waals surface area contributed by atoms with Crippen LogP contribution in [0.2, 0.25) is 5.02 Å². The van der Waals surface area contributed by atoms with Crippen molar-refractivity contribution in [2.75, 3.05) is 6.54 Å². The summed E-state index contributed by atoms with van der Waals surface area (Å²) >= 11 is 6.07. The molecule has 0 radical (unpaired) electrons. The van der Waals surface area contributed by atoms with Gasteiger partial charge in [-0.05, 0) is 11.6 Å². The first kappa shape index (κ1) is 10.5. The van der Waals surface area contributed by atoms with Crippen molar-refractivity contribution in [2.45, 2.75) is 0 Å². The predicted molar refractivity (Wildman–Crippen MR) is 64.2 cm³/mol. The van der Waals surface area contributed by atoms with E-state index in [4.69, 9.17) is 17.1 Å². The number of nitrogens with one attached hydrogen (secondary N) is 1. The van der Waals surface area contributed by atoms with Gasteiger partial charge >= 0.3 is 0 Å². The van der Waals surface area contributed by atoms with E-state index >= 15 is 0 Å². The zero-order valence-corrected chi connectivity index (χ0v) is 9.02. The fourth-order valence-electron chi connectivity index (χ4n) is 1.44. The molecule has 1 N–H and O–H groups in total. The van der Waals surface area contributed by atoms with Crippen LogP contribution in [0.1, 0.15) is 5.56 Å². The third-order valence-corrected chi connectivity index (χ3v) is 2.42. The standard InChI is InChI=1S/C10H8ClN5/c11-8-3-5-13-10-9(8)7(6-14-10)2-1-4-15-16-12/h1-3,5-6H,4H2,(H,13,14). The van der Waals surface area contributed by atoms with Crippen LogP contribution in [0, 0.1) is 0 Å². The van der Waals surface area contributed by atoms with Crippen LogP contribution in [0.25, 0.3) is 27.6 Å². The molecule has 0 amide bonds. The van der Waals surface area contributed by atoms with Gasteiger partial charge in [-0.15, -0.1) is 0 Å². The summed E-state index contributed by atoms with van der Waals surface area (Å²) in [5, 5.41) is 4.93. The molecule has 0 aliphatic carbocycles. The summed E-state index contributed by atoms with van der Waals surface area (Å²) in [6.45, 7) is 0.320. The lowest BCUT2D eigenvalue weighted by molar-refractivity contribution is 1.22. The zero-order chi connectivity index (χ0) is 11.4. The molecular weight excluding hydrogens is 226 g/mol. The van der Waals surface area contributed by atoms with Gasteiger partial charge in [0.2, 0.25) is 0 Å². The summed E-state index contributed by atoms with van der Waals surface area (Å²) in [6.07, 6.45) is 7.08. The molecule has 0 aromatic carbocycles. The second kappa shape index (κ2) is 4.70. The van der Waals surface area contributed by atoms with Gasteiger partial charge in [-0.1, -0.05) is 28.9 Å².